The molecule has 3 aromatic carbocycles. The Labute approximate surface area is 201 Å². The molecule has 0 saturated carbocycles. The molecule has 0 fully saturated rings. The number of halogens is 3. The van der Waals surface area contributed by atoms with Gasteiger partial charge in [0.15, 0.2) is 11.5 Å². The summed E-state index contributed by atoms with van der Waals surface area (Å²) in [6.07, 6.45) is -5.15. The zero-order valence-corrected chi connectivity index (χ0v) is 19.1. The largest absolute Gasteiger partial charge is 0.407 e. The number of alkyl halides is 3. The van der Waals surface area contributed by atoms with Gasteiger partial charge in [0.25, 0.3) is 0 Å². The molecule has 0 spiro atoms. The zero-order chi connectivity index (χ0) is 25.8. The van der Waals surface area contributed by atoms with E-state index in [9.17, 15) is 28.3 Å². The van der Waals surface area contributed by atoms with E-state index in [2.05, 4.69) is 10.9 Å². The monoisotopic (exact) mass is 477 g/mol. The smallest absolute Gasteiger partial charge is 0.380 e. The van der Waals surface area contributed by atoms with Gasteiger partial charge in [-0.2, -0.15) is 18.4 Å². The predicted molar refractivity (Wildman–Crippen MR) is 127 cm³/mol. The van der Waals surface area contributed by atoms with Crippen molar-refractivity contribution in [3.63, 3.8) is 0 Å². The van der Waals surface area contributed by atoms with E-state index in [0.717, 1.165) is 17.7 Å². The molecule has 0 aromatic heterocycles. The second kappa shape index (κ2) is 10.0. The summed E-state index contributed by atoms with van der Waals surface area (Å²) in [6.45, 7) is 8.11. The molecule has 8 heteroatoms. The van der Waals surface area contributed by atoms with Crippen LogP contribution in [0.15, 0.2) is 66.7 Å². The summed E-state index contributed by atoms with van der Waals surface area (Å²) in [7, 11) is 1.67. The summed E-state index contributed by atoms with van der Waals surface area (Å²) in [5.74, 6) is -0.662. The Bertz CT molecular complexity index is 1320. The molecule has 1 N–H and O–H groups in total. The van der Waals surface area contributed by atoms with Crippen molar-refractivity contribution in [2.75, 3.05) is 18.5 Å². The van der Waals surface area contributed by atoms with Crippen LogP contribution in [-0.2, 0) is 17.4 Å². The number of hydrogen-bond donors (Lipinski definition) is 1. The third-order valence-electron chi connectivity index (χ3n) is 5.65. The number of nitriles is 1. The Morgan fingerprint density at radius 3 is 2.40 bits per heavy atom. The van der Waals surface area contributed by atoms with Gasteiger partial charge >= 0.3 is 6.18 Å². The Morgan fingerprint density at radius 2 is 1.80 bits per heavy atom. The number of rotatable bonds is 7. The predicted octanol–water partition coefficient (Wildman–Crippen LogP) is 5.79. The molecule has 0 amide bonds. The number of carbonyl (C=O) groups excluding carboxylic acids is 1. The minimum absolute atomic E-state index is 0.0578. The summed E-state index contributed by atoms with van der Waals surface area (Å²) >= 11 is 0. The Balaban J connectivity index is 1.81. The second-order valence-electron chi connectivity index (χ2n) is 8.40. The molecule has 0 aliphatic heterocycles. The molecule has 0 saturated heterocycles. The maximum atomic E-state index is 13.3. The number of anilines is 1. The van der Waals surface area contributed by atoms with Gasteiger partial charge < -0.3 is 10.0 Å². The lowest BCUT2D eigenvalue weighted by Crippen LogP contribution is -2.46. The molecule has 3 rings (SSSR count). The van der Waals surface area contributed by atoms with Crippen molar-refractivity contribution < 1.29 is 23.1 Å². The highest BCUT2D eigenvalue weighted by molar-refractivity contribution is 5.89. The first-order valence-electron chi connectivity index (χ1n) is 10.6. The third kappa shape index (κ3) is 5.87. The molecule has 35 heavy (non-hydrogen) atoms. The van der Waals surface area contributed by atoms with E-state index in [0.29, 0.717) is 16.8 Å². The molecule has 0 bridgehead atoms. The van der Waals surface area contributed by atoms with Crippen LogP contribution >= 0.6 is 0 Å². The first-order valence-corrected chi connectivity index (χ1v) is 10.6. The zero-order valence-electron chi connectivity index (χ0n) is 19.1. The van der Waals surface area contributed by atoms with E-state index in [1.54, 1.807) is 30.1 Å². The number of Topliss-reactive ketones (excluding diaryl/α,β-unsaturated/α-hetero) is 1. The van der Waals surface area contributed by atoms with Crippen molar-refractivity contribution >= 4 is 17.2 Å². The van der Waals surface area contributed by atoms with Crippen molar-refractivity contribution in [3.05, 3.63) is 94.8 Å². The third-order valence-corrected chi connectivity index (χ3v) is 5.65. The first kappa shape index (κ1) is 25.5. The fourth-order valence-corrected chi connectivity index (χ4v) is 3.76. The van der Waals surface area contributed by atoms with Crippen LogP contribution in [0.25, 0.3) is 16.0 Å². The lowest BCUT2D eigenvalue weighted by atomic mass is 9.93. The molecule has 0 heterocycles. The highest BCUT2D eigenvalue weighted by Crippen LogP contribution is 2.37. The topological polar surface area (TPSA) is 68.7 Å². The van der Waals surface area contributed by atoms with E-state index in [4.69, 9.17) is 6.57 Å². The quantitative estimate of drug-likeness (QED) is 0.437. The Kier molecular flexibility index (Phi) is 7.28. The lowest BCUT2D eigenvalue weighted by Gasteiger charge is -2.30. The Hall–Kier alpha value is -4.14. The minimum atomic E-state index is -4.73. The van der Waals surface area contributed by atoms with Crippen molar-refractivity contribution in [1.29, 1.82) is 5.26 Å². The summed E-state index contributed by atoms with van der Waals surface area (Å²) < 4.78 is 39.8. The number of carbonyl (C=O) groups is 1. The normalized spacial score (nSPS) is 12.8. The van der Waals surface area contributed by atoms with Gasteiger partial charge in [-0.15, -0.1) is 0 Å². The van der Waals surface area contributed by atoms with Crippen LogP contribution in [0.1, 0.15) is 23.6 Å². The van der Waals surface area contributed by atoms with Crippen molar-refractivity contribution in [2.45, 2.75) is 25.1 Å². The molecule has 3 aromatic rings. The summed E-state index contributed by atoms with van der Waals surface area (Å²) in [5, 5.41) is 20.4. The van der Waals surface area contributed by atoms with Crippen LogP contribution < -0.4 is 4.90 Å². The maximum Gasteiger partial charge on any atom is 0.407 e. The van der Waals surface area contributed by atoms with Crippen LogP contribution in [0.2, 0.25) is 0 Å². The van der Waals surface area contributed by atoms with Crippen LogP contribution in [0, 0.1) is 17.9 Å². The van der Waals surface area contributed by atoms with Gasteiger partial charge in [-0.1, -0.05) is 48.5 Å². The molecule has 0 unspecified atom stereocenters. The molecule has 0 radical (unpaired) electrons. The lowest BCUT2D eigenvalue weighted by molar-refractivity contribution is -0.137. The van der Waals surface area contributed by atoms with Crippen molar-refractivity contribution in [1.82, 2.24) is 0 Å². The fourth-order valence-electron chi connectivity index (χ4n) is 3.76. The van der Waals surface area contributed by atoms with Crippen LogP contribution in [0.5, 0.6) is 0 Å². The summed E-state index contributed by atoms with van der Waals surface area (Å²) in [6, 6.07) is 19.7. The van der Waals surface area contributed by atoms with Crippen molar-refractivity contribution in [3.8, 4) is 17.2 Å². The van der Waals surface area contributed by atoms with E-state index in [-0.39, 0.29) is 12.1 Å². The van der Waals surface area contributed by atoms with Gasteiger partial charge in [-0.25, -0.2) is 4.85 Å². The van der Waals surface area contributed by atoms with E-state index >= 15 is 0 Å². The van der Waals surface area contributed by atoms with Gasteiger partial charge in [-0.05, 0) is 36.2 Å². The minimum Gasteiger partial charge on any atom is -0.380 e. The molecule has 178 valence electrons. The second-order valence-corrected chi connectivity index (χ2v) is 8.40. The van der Waals surface area contributed by atoms with Gasteiger partial charge in [-0.3, -0.25) is 4.79 Å². The number of hydrogen-bond acceptors (Lipinski definition) is 4. The Morgan fingerprint density at radius 1 is 1.11 bits per heavy atom. The van der Waals surface area contributed by atoms with Gasteiger partial charge in [0.2, 0.25) is 0 Å². The average Bonchev–Trinajstić information content (AvgIpc) is 2.83. The maximum absolute atomic E-state index is 13.3. The van der Waals surface area contributed by atoms with Crippen LogP contribution in [0.3, 0.4) is 0 Å². The molecular weight excluding hydrogens is 455 g/mol. The number of nitrogens with zero attached hydrogens (tertiary/aromatic N) is 3. The molecule has 5 nitrogen and oxygen atoms in total. The average molecular weight is 477 g/mol. The number of ketones is 1. The number of aliphatic hydroxyl groups is 1. The molecule has 1 atom stereocenters. The fraction of sp³-hybridized carbons (Fsp3) is 0.222. The van der Waals surface area contributed by atoms with E-state index in [1.807, 2.05) is 30.3 Å². The number of likely N-dealkylation sites (N-methyl/N-ethyl adjacent to an activating group) is 1. The highest BCUT2D eigenvalue weighted by atomic mass is 19.4. The van der Waals surface area contributed by atoms with Gasteiger partial charge in [0.05, 0.1) is 30.3 Å². The van der Waals surface area contributed by atoms with E-state index in [1.165, 1.54) is 13.0 Å². The van der Waals surface area contributed by atoms with Gasteiger partial charge in [0.1, 0.15) is 5.60 Å². The first-order chi connectivity index (χ1) is 16.5. The standard InChI is InChI=1S/C27H22F3N3O2/c1-26(35,25(34)14-18-9-12-24(32-2)23(13-18)27(28,29)30)17-33(3)21-11-10-20(16-31)22(15-21)19-7-5-4-6-8-19/h4-13,15,35H,14,17H2,1,3H3/t26-/m0/s1. The van der Waals surface area contributed by atoms with E-state index < -0.39 is 35.2 Å². The highest BCUT2D eigenvalue weighted by Gasteiger charge is 2.35. The van der Waals surface area contributed by atoms with Gasteiger partial charge in [0, 0.05) is 24.7 Å². The van der Waals surface area contributed by atoms with Crippen LogP contribution in [-0.4, -0.2) is 30.1 Å². The van der Waals surface area contributed by atoms with Crippen LogP contribution in [0.4, 0.5) is 24.5 Å². The molecule has 0 aliphatic carbocycles. The summed E-state index contributed by atoms with van der Waals surface area (Å²) in [4.78, 5) is 17.4. The molecular formula is C27H22F3N3O2. The SMILES string of the molecule is [C-]#[N+]c1ccc(CC(=O)[C@@](C)(O)CN(C)c2ccc(C#N)c(-c3ccccc3)c2)cc1C(F)(F)F. The molecule has 0 aliphatic rings. The van der Waals surface area contributed by atoms with Crippen molar-refractivity contribution in [2.24, 2.45) is 0 Å². The number of benzene rings is 3. The summed E-state index contributed by atoms with van der Waals surface area (Å²) in [5.41, 5.74) is -0.810.